The Bertz CT molecular complexity index is 395. The predicted octanol–water partition coefficient (Wildman–Crippen LogP) is 1.15. The van der Waals surface area contributed by atoms with Gasteiger partial charge in [0.05, 0.1) is 0 Å². The van der Waals surface area contributed by atoms with Crippen molar-refractivity contribution >= 4 is 5.91 Å². The third-order valence-electron chi connectivity index (χ3n) is 2.45. The molecule has 0 aliphatic rings. The van der Waals surface area contributed by atoms with Gasteiger partial charge in [0.1, 0.15) is 12.2 Å². The average molecular weight is 259 g/mol. The molecule has 1 aromatic rings. The Kier molecular flexibility index (Phi) is 5.18. The van der Waals surface area contributed by atoms with Crippen LogP contribution in [-0.4, -0.2) is 28.8 Å². The van der Waals surface area contributed by atoms with Gasteiger partial charge in [0.15, 0.2) is 0 Å². The van der Waals surface area contributed by atoms with Crippen molar-refractivity contribution in [2.24, 2.45) is 0 Å². The average Bonchev–Trinajstić information content (AvgIpc) is 2.35. The molecule has 1 rings (SSSR count). The molecule has 0 radical (unpaired) electrons. The second-order valence-corrected chi connectivity index (χ2v) is 3.92. The molecule has 0 saturated carbocycles. The first-order valence-electron chi connectivity index (χ1n) is 5.40. The molecule has 2 atom stereocenters. The molecule has 100 valence electrons. The standard InChI is InChI=1S/C12H15F2NO3/c1-7(16)15-6-10(17)11(18)8-2-4-9(5-3-8)12(13)14/h2-5,10-12,17-18H,6H2,1H3,(H,15,16). The fraction of sp³-hybridized carbons (Fsp3) is 0.417. The minimum Gasteiger partial charge on any atom is -0.388 e. The smallest absolute Gasteiger partial charge is 0.263 e. The highest BCUT2D eigenvalue weighted by molar-refractivity contribution is 5.72. The van der Waals surface area contributed by atoms with Crippen LogP contribution >= 0.6 is 0 Å². The summed E-state index contributed by atoms with van der Waals surface area (Å²) in [6, 6.07) is 5.02. The van der Waals surface area contributed by atoms with E-state index in [1.807, 2.05) is 0 Å². The van der Waals surface area contributed by atoms with Gasteiger partial charge >= 0.3 is 0 Å². The molecule has 0 bridgehead atoms. The molecule has 2 unspecified atom stereocenters. The van der Waals surface area contributed by atoms with Gasteiger partial charge in [-0.25, -0.2) is 8.78 Å². The van der Waals surface area contributed by atoms with E-state index in [-0.39, 0.29) is 18.0 Å². The Morgan fingerprint density at radius 1 is 1.22 bits per heavy atom. The van der Waals surface area contributed by atoms with Crippen molar-refractivity contribution < 1.29 is 23.8 Å². The number of aliphatic hydroxyl groups excluding tert-OH is 2. The maximum absolute atomic E-state index is 12.3. The predicted molar refractivity (Wildman–Crippen MR) is 61.0 cm³/mol. The largest absolute Gasteiger partial charge is 0.388 e. The summed E-state index contributed by atoms with van der Waals surface area (Å²) in [5.74, 6) is -0.325. The molecule has 6 heteroatoms. The monoisotopic (exact) mass is 259 g/mol. The summed E-state index contributed by atoms with van der Waals surface area (Å²) in [7, 11) is 0. The molecule has 0 aromatic heterocycles. The molecule has 1 aromatic carbocycles. The second-order valence-electron chi connectivity index (χ2n) is 3.92. The Labute approximate surface area is 103 Å². The molecular weight excluding hydrogens is 244 g/mol. The number of carbonyl (C=O) groups is 1. The lowest BCUT2D eigenvalue weighted by molar-refractivity contribution is -0.119. The summed E-state index contributed by atoms with van der Waals surface area (Å²) in [4.78, 5) is 10.6. The van der Waals surface area contributed by atoms with Crippen molar-refractivity contribution in [3.8, 4) is 0 Å². The summed E-state index contributed by atoms with van der Waals surface area (Å²) in [5, 5.41) is 21.7. The molecule has 1 amide bonds. The molecule has 18 heavy (non-hydrogen) atoms. The summed E-state index contributed by atoms with van der Waals surface area (Å²) in [5.41, 5.74) is 0.166. The molecule has 0 saturated heterocycles. The highest BCUT2D eigenvalue weighted by Gasteiger charge is 2.19. The SMILES string of the molecule is CC(=O)NCC(O)C(O)c1ccc(C(F)F)cc1. The number of rotatable bonds is 5. The van der Waals surface area contributed by atoms with E-state index in [1.54, 1.807) is 0 Å². The van der Waals surface area contributed by atoms with Gasteiger partial charge < -0.3 is 15.5 Å². The Morgan fingerprint density at radius 3 is 2.17 bits per heavy atom. The van der Waals surface area contributed by atoms with Crippen LogP contribution in [0.5, 0.6) is 0 Å². The first-order chi connectivity index (χ1) is 8.41. The van der Waals surface area contributed by atoms with E-state index in [2.05, 4.69) is 5.32 Å². The zero-order valence-electron chi connectivity index (χ0n) is 9.81. The first kappa shape index (κ1) is 14.5. The van der Waals surface area contributed by atoms with Gasteiger partial charge in [-0.2, -0.15) is 0 Å². The molecule has 0 aliphatic heterocycles. The van der Waals surface area contributed by atoms with Crippen LogP contribution in [0, 0.1) is 0 Å². The van der Waals surface area contributed by atoms with Crippen LogP contribution in [0.15, 0.2) is 24.3 Å². The second kappa shape index (κ2) is 6.42. The minimum atomic E-state index is -2.57. The summed E-state index contributed by atoms with van der Waals surface area (Å²) < 4.78 is 24.6. The number of hydrogen-bond donors (Lipinski definition) is 3. The highest BCUT2D eigenvalue weighted by atomic mass is 19.3. The molecule has 0 fully saturated rings. The molecule has 0 aliphatic carbocycles. The molecular formula is C12H15F2NO3. The Hall–Kier alpha value is -1.53. The van der Waals surface area contributed by atoms with Crippen LogP contribution in [0.25, 0.3) is 0 Å². The van der Waals surface area contributed by atoms with E-state index in [9.17, 15) is 23.8 Å². The normalized spacial score (nSPS) is 14.3. The Morgan fingerprint density at radius 2 is 1.72 bits per heavy atom. The van der Waals surface area contributed by atoms with Crippen LogP contribution < -0.4 is 5.32 Å². The van der Waals surface area contributed by atoms with Crippen molar-refractivity contribution in [1.29, 1.82) is 0 Å². The van der Waals surface area contributed by atoms with Gasteiger partial charge in [-0.05, 0) is 5.56 Å². The van der Waals surface area contributed by atoms with E-state index in [1.165, 1.54) is 31.2 Å². The number of alkyl halides is 2. The van der Waals surface area contributed by atoms with Crippen LogP contribution in [0.2, 0.25) is 0 Å². The van der Waals surface area contributed by atoms with Crippen LogP contribution in [0.4, 0.5) is 8.78 Å². The Balaban J connectivity index is 2.65. The van der Waals surface area contributed by atoms with Crippen LogP contribution in [0.3, 0.4) is 0 Å². The third kappa shape index (κ3) is 4.05. The maximum atomic E-state index is 12.3. The van der Waals surface area contributed by atoms with Gasteiger partial charge in [0.2, 0.25) is 5.91 Å². The zero-order valence-corrected chi connectivity index (χ0v) is 9.81. The van der Waals surface area contributed by atoms with E-state index in [4.69, 9.17) is 0 Å². The van der Waals surface area contributed by atoms with Crippen molar-refractivity contribution in [2.45, 2.75) is 25.6 Å². The van der Waals surface area contributed by atoms with Crippen molar-refractivity contribution in [3.63, 3.8) is 0 Å². The topological polar surface area (TPSA) is 69.6 Å². The van der Waals surface area contributed by atoms with Crippen LogP contribution in [0.1, 0.15) is 30.6 Å². The quantitative estimate of drug-likeness (QED) is 0.743. The first-order valence-corrected chi connectivity index (χ1v) is 5.40. The van der Waals surface area contributed by atoms with Crippen molar-refractivity contribution in [3.05, 3.63) is 35.4 Å². The molecule has 0 spiro atoms. The van der Waals surface area contributed by atoms with E-state index >= 15 is 0 Å². The number of aliphatic hydroxyl groups is 2. The van der Waals surface area contributed by atoms with E-state index < -0.39 is 18.6 Å². The fourth-order valence-corrected chi connectivity index (χ4v) is 1.42. The van der Waals surface area contributed by atoms with Gasteiger partial charge in [-0.3, -0.25) is 4.79 Å². The maximum Gasteiger partial charge on any atom is 0.263 e. The van der Waals surface area contributed by atoms with E-state index in [0.29, 0.717) is 5.56 Å². The fourth-order valence-electron chi connectivity index (χ4n) is 1.42. The number of halogens is 2. The summed E-state index contributed by atoms with van der Waals surface area (Å²) >= 11 is 0. The van der Waals surface area contributed by atoms with E-state index in [0.717, 1.165) is 0 Å². The zero-order chi connectivity index (χ0) is 13.7. The lowest BCUT2D eigenvalue weighted by atomic mass is 10.0. The number of hydrogen-bond acceptors (Lipinski definition) is 3. The van der Waals surface area contributed by atoms with Gasteiger partial charge in [-0.1, -0.05) is 24.3 Å². The van der Waals surface area contributed by atoms with Gasteiger partial charge in [0, 0.05) is 19.0 Å². The minimum absolute atomic E-state index is 0.104. The highest BCUT2D eigenvalue weighted by Crippen LogP contribution is 2.22. The molecule has 4 nitrogen and oxygen atoms in total. The molecule has 3 N–H and O–H groups in total. The van der Waals surface area contributed by atoms with Crippen LogP contribution in [-0.2, 0) is 4.79 Å². The number of benzene rings is 1. The lowest BCUT2D eigenvalue weighted by Gasteiger charge is -2.18. The van der Waals surface area contributed by atoms with Crippen molar-refractivity contribution in [1.82, 2.24) is 5.32 Å². The number of carbonyl (C=O) groups excluding carboxylic acids is 1. The van der Waals surface area contributed by atoms with Crippen molar-refractivity contribution in [2.75, 3.05) is 6.54 Å². The number of amides is 1. The number of nitrogens with one attached hydrogen (secondary N) is 1. The lowest BCUT2D eigenvalue weighted by Crippen LogP contribution is -2.34. The third-order valence-corrected chi connectivity index (χ3v) is 2.45. The molecule has 0 heterocycles. The summed E-state index contributed by atoms with van der Waals surface area (Å²) in [6.45, 7) is 1.18. The summed E-state index contributed by atoms with van der Waals surface area (Å²) in [6.07, 6.45) is -4.99. The van der Waals surface area contributed by atoms with Gasteiger partial charge in [0.25, 0.3) is 6.43 Å². The van der Waals surface area contributed by atoms with Gasteiger partial charge in [-0.15, -0.1) is 0 Å².